The average molecular weight is 578 g/mol. The number of hydrogen-bond donors (Lipinski definition) is 0. The monoisotopic (exact) mass is 577 g/mol. The zero-order valence-corrected chi connectivity index (χ0v) is 24.7. The number of amides is 2. The molecular formula is C29H41F2N5O5. The molecular weight excluding hydrogens is 536 g/mol. The van der Waals surface area contributed by atoms with E-state index < -0.39 is 41.2 Å². The fourth-order valence-electron chi connectivity index (χ4n) is 4.92. The fourth-order valence-corrected chi connectivity index (χ4v) is 4.92. The van der Waals surface area contributed by atoms with Crippen molar-refractivity contribution >= 4 is 18.3 Å². The number of nitrogens with zero attached hydrogens (tertiary/aromatic N) is 5. The second kappa shape index (κ2) is 14.0. The van der Waals surface area contributed by atoms with E-state index in [1.165, 1.54) is 21.7 Å². The van der Waals surface area contributed by atoms with E-state index in [-0.39, 0.29) is 30.4 Å². The van der Waals surface area contributed by atoms with E-state index in [0.717, 1.165) is 12.4 Å². The SMILES string of the molecule is COCCCCc1c(C(=O)N(CC(C)C)[C@H]2C[C@@H](C=O)CN(C(=O)OC(C)(C)C)C2)nnn1-c1cccc(F)c1F. The molecule has 0 N–H and O–H groups in total. The Hall–Kier alpha value is -3.41. The molecule has 0 spiro atoms. The summed E-state index contributed by atoms with van der Waals surface area (Å²) >= 11 is 0. The first-order valence-electron chi connectivity index (χ1n) is 14.0. The zero-order chi connectivity index (χ0) is 30.3. The van der Waals surface area contributed by atoms with Crippen LogP contribution in [0.1, 0.15) is 70.1 Å². The van der Waals surface area contributed by atoms with Gasteiger partial charge in [-0.25, -0.2) is 18.3 Å². The van der Waals surface area contributed by atoms with Crippen LogP contribution in [0.5, 0.6) is 0 Å². The summed E-state index contributed by atoms with van der Waals surface area (Å²) in [6, 6.07) is 3.25. The number of benzene rings is 1. The molecule has 1 aliphatic heterocycles. The highest BCUT2D eigenvalue weighted by Crippen LogP contribution is 2.26. The number of unbranched alkanes of at least 4 members (excludes halogenated alkanes) is 1. The Balaban J connectivity index is 2.01. The van der Waals surface area contributed by atoms with Crippen molar-refractivity contribution in [2.45, 2.75) is 71.9 Å². The van der Waals surface area contributed by atoms with Crippen molar-refractivity contribution in [3.63, 3.8) is 0 Å². The molecule has 1 fully saturated rings. The molecule has 1 aromatic heterocycles. The number of ether oxygens (including phenoxy) is 2. The van der Waals surface area contributed by atoms with Crippen LogP contribution in [0, 0.1) is 23.5 Å². The molecule has 0 aliphatic carbocycles. The predicted molar refractivity (Wildman–Crippen MR) is 148 cm³/mol. The summed E-state index contributed by atoms with van der Waals surface area (Å²) < 4.78 is 40.8. The first kappa shape index (κ1) is 32.1. The molecule has 2 heterocycles. The molecule has 1 saturated heterocycles. The molecule has 0 unspecified atom stereocenters. The Labute approximate surface area is 240 Å². The van der Waals surface area contributed by atoms with Gasteiger partial charge in [0.05, 0.1) is 11.7 Å². The molecule has 3 rings (SSSR count). The summed E-state index contributed by atoms with van der Waals surface area (Å²) in [7, 11) is 1.59. The number of aldehydes is 1. The van der Waals surface area contributed by atoms with E-state index >= 15 is 0 Å². The topological polar surface area (TPSA) is 107 Å². The fraction of sp³-hybridized carbons (Fsp3) is 0.621. The highest BCUT2D eigenvalue weighted by molar-refractivity contribution is 5.94. The second-order valence-corrected chi connectivity index (χ2v) is 11.8. The summed E-state index contributed by atoms with van der Waals surface area (Å²) in [6.45, 7) is 10.4. The molecule has 2 amide bonds. The maximum absolute atomic E-state index is 14.8. The van der Waals surface area contributed by atoms with Crippen molar-refractivity contribution in [3.8, 4) is 5.69 Å². The minimum absolute atomic E-state index is 0.0174. The average Bonchev–Trinajstić information content (AvgIpc) is 3.33. The molecule has 0 saturated carbocycles. The lowest BCUT2D eigenvalue weighted by Crippen LogP contribution is -2.56. The van der Waals surface area contributed by atoms with E-state index in [2.05, 4.69) is 10.3 Å². The number of hydrogen-bond acceptors (Lipinski definition) is 7. The van der Waals surface area contributed by atoms with Gasteiger partial charge in [-0.15, -0.1) is 5.10 Å². The molecule has 41 heavy (non-hydrogen) atoms. The van der Waals surface area contributed by atoms with Crippen molar-refractivity contribution in [1.82, 2.24) is 24.8 Å². The molecule has 1 aromatic carbocycles. The van der Waals surface area contributed by atoms with Crippen LogP contribution < -0.4 is 0 Å². The van der Waals surface area contributed by atoms with Crippen LogP contribution in [-0.4, -0.2) is 88.1 Å². The van der Waals surface area contributed by atoms with Crippen molar-refractivity contribution in [2.75, 3.05) is 33.4 Å². The van der Waals surface area contributed by atoms with Gasteiger partial charge in [0.25, 0.3) is 5.91 Å². The van der Waals surface area contributed by atoms with Gasteiger partial charge in [0.1, 0.15) is 17.6 Å². The van der Waals surface area contributed by atoms with Gasteiger partial charge >= 0.3 is 6.09 Å². The largest absolute Gasteiger partial charge is 0.444 e. The van der Waals surface area contributed by atoms with Gasteiger partial charge in [0.15, 0.2) is 17.3 Å². The number of piperidine rings is 1. The molecule has 2 aromatic rings. The van der Waals surface area contributed by atoms with Crippen molar-refractivity contribution < 1.29 is 32.6 Å². The van der Waals surface area contributed by atoms with Gasteiger partial charge in [-0.2, -0.15) is 0 Å². The maximum atomic E-state index is 14.8. The van der Waals surface area contributed by atoms with Crippen LogP contribution in [0.4, 0.5) is 13.6 Å². The number of aromatic nitrogens is 3. The van der Waals surface area contributed by atoms with Crippen LogP contribution in [0.15, 0.2) is 18.2 Å². The van der Waals surface area contributed by atoms with E-state index in [1.54, 1.807) is 32.8 Å². The quantitative estimate of drug-likeness (QED) is 0.287. The molecule has 0 radical (unpaired) electrons. The van der Waals surface area contributed by atoms with Gasteiger partial charge in [0, 0.05) is 39.3 Å². The smallest absolute Gasteiger partial charge is 0.410 e. The Kier molecular flexibility index (Phi) is 10.9. The van der Waals surface area contributed by atoms with Crippen LogP contribution in [0.25, 0.3) is 5.69 Å². The predicted octanol–water partition coefficient (Wildman–Crippen LogP) is 4.44. The minimum Gasteiger partial charge on any atom is -0.444 e. The Morgan fingerprint density at radius 3 is 2.56 bits per heavy atom. The van der Waals surface area contributed by atoms with E-state index in [0.29, 0.717) is 44.5 Å². The number of halogens is 2. The van der Waals surface area contributed by atoms with Gasteiger partial charge in [-0.1, -0.05) is 25.1 Å². The number of rotatable bonds is 11. The van der Waals surface area contributed by atoms with Crippen molar-refractivity contribution in [3.05, 3.63) is 41.2 Å². The van der Waals surface area contributed by atoms with Crippen molar-refractivity contribution in [1.29, 1.82) is 0 Å². The third-order valence-electron chi connectivity index (χ3n) is 6.71. The molecule has 2 atom stereocenters. The molecule has 10 nitrogen and oxygen atoms in total. The van der Waals surface area contributed by atoms with Crippen molar-refractivity contribution in [2.24, 2.45) is 11.8 Å². The molecule has 12 heteroatoms. The van der Waals surface area contributed by atoms with E-state index in [1.807, 2.05) is 13.8 Å². The molecule has 1 aliphatic rings. The Morgan fingerprint density at radius 2 is 1.93 bits per heavy atom. The third-order valence-corrected chi connectivity index (χ3v) is 6.71. The summed E-state index contributed by atoms with van der Waals surface area (Å²) in [5, 5.41) is 8.22. The Morgan fingerprint density at radius 1 is 1.20 bits per heavy atom. The molecule has 226 valence electrons. The number of carbonyl (C=O) groups excluding carboxylic acids is 3. The van der Waals surface area contributed by atoms with E-state index in [4.69, 9.17) is 9.47 Å². The zero-order valence-electron chi connectivity index (χ0n) is 24.7. The van der Waals surface area contributed by atoms with Gasteiger partial charge in [-0.05, 0) is 64.5 Å². The number of carbonyl (C=O) groups is 3. The number of methoxy groups -OCH3 is 1. The second-order valence-electron chi connectivity index (χ2n) is 11.8. The number of likely N-dealkylation sites (tertiary alicyclic amines) is 1. The standard InChI is InChI=1S/C29H41F2N5O5/c1-19(2)15-35(21-14-20(18-37)16-34(17-21)28(39)41-29(3,4)5)27(38)26-24(11-7-8-13-40-6)36(33-32-26)23-12-9-10-22(30)25(23)31/h9-10,12,18-21H,7-8,11,13-17H2,1-6H3/t20-,21+/m1/s1. The highest BCUT2D eigenvalue weighted by Gasteiger charge is 2.38. The third kappa shape index (κ3) is 8.31. The summed E-state index contributed by atoms with van der Waals surface area (Å²) in [6.07, 6.45) is 2.17. The van der Waals surface area contributed by atoms with Gasteiger partial charge < -0.3 is 24.1 Å². The molecule has 0 bridgehead atoms. The van der Waals surface area contributed by atoms with Gasteiger partial charge in [-0.3, -0.25) is 4.79 Å². The minimum atomic E-state index is -1.09. The summed E-state index contributed by atoms with van der Waals surface area (Å²) in [5.74, 6) is -3.03. The van der Waals surface area contributed by atoms with Crippen LogP contribution >= 0.6 is 0 Å². The normalized spacial score (nSPS) is 17.5. The lowest BCUT2D eigenvalue weighted by molar-refractivity contribution is -0.113. The lowest BCUT2D eigenvalue weighted by Gasteiger charge is -2.42. The Bertz CT molecular complexity index is 1210. The van der Waals surface area contributed by atoms with Crippen LogP contribution in [0.3, 0.4) is 0 Å². The maximum Gasteiger partial charge on any atom is 0.410 e. The van der Waals surface area contributed by atoms with Gasteiger partial charge in [0.2, 0.25) is 0 Å². The van der Waals surface area contributed by atoms with E-state index in [9.17, 15) is 23.2 Å². The summed E-state index contributed by atoms with van der Waals surface area (Å²) in [5.41, 5.74) is -0.514. The summed E-state index contributed by atoms with van der Waals surface area (Å²) in [4.78, 5) is 42.1. The van der Waals surface area contributed by atoms with Crippen LogP contribution in [0.2, 0.25) is 0 Å². The first-order chi connectivity index (χ1) is 19.4. The lowest BCUT2D eigenvalue weighted by atomic mass is 9.93. The van der Waals surface area contributed by atoms with Crippen LogP contribution in [-0.2, 0) is 20.7 Å². The highest BCUT2D eigenvalue weighted by atomic mass is 19.2. The first-order valence-corrected chi connectivity index (χ1v) is 14.0.